The van der Waals surface area contributed by atoms with Crippen LogP contribution in [0.2, 0.25) is 0 Å². The van der Waals surface area contributed by atoms with Crippen LogP contribution in [-0.4, -0.2) is 41.0 Å². The van der Waals surface area contributed by atoms with Crippen molar-refractivity contribution in [1.82, 2.24) is 24.7 Å². The van der Waals surface area contributed by atoms with E-state index in [0.717, 1.165) is 21.5 Å². The first-order valence-corrected chi connectivity index (χ1v) is 11.8. The number of pyridine rings is 1. The van der Waals surface area contributed by atoms with Crippen LogP contribution < -0.4 is 10.6 Å². The number of nitrogens with one attached hydrogen (secondary N) is 2. The molecule has 6 aromatic rings. The quantitative estimate of drug-likeness (QED) is 0.228. The third-order valence-corrected chi connectivity index (χ3v) is 6.03. The van der Waals surface area contributed by atoms with Gasteiger partial charge in [-0.3, -0.25) is 4.98 Å². The first-order valence-electron chi connectivity index (χ1n) is 11.8. The predicted octanol–water partition coefficient (Wildman–Crippen LogP) is 5.63. The fourth-order valence-corrected chi connectivity index (χ4v) is 4.22. The largest absolute Gasteiger partial charge is 0.508 e. The lowest BCUT2D eigenvalue weighted by molar-refractivity contribution is 0.194. The van der Waals surface area contributed by atoms with Crippen molar-refractivity contribution in [3.63, 3.8) is 0 Å². The van der Waals surface area contributed by atoms with Crippen LogP contribution in [0.3, 0.4) is 0 Å². The Morgan fingerprint density at radius 2 is 1.84 bits per heavy atom. The summed E-state index contributed by atoms with van der Waals surface area (Å²) >= 11 is 0. The Balaban J connectivity index is 1.36. The number of benzene rings is 3. The zero-order valence-electron chi connectivity index (χ0n) is 19.9. The predicted molar refractivity (Wildman–Crippen MR) is 145 cm³/mol. The lowest BCUT2D eigenvalue weighted by atomic mass is 10.1. The molecule has 3 heterocycles. The molecule has 0 amide bonds. The minimum atomic E-state index is -1.15. The number of phenols is 1. The number of hydrogen-bond acceptors (Lipinski definition) is 8. The van der Waals surface area contributed by atoms with Crippen LogP contribution in [0.25, 0.3) is 33.2 Å². The van der Waals surface area contributed by atoms with Gasteiger partial charge in [0.15, 0.2) is 5.82 Å². The fraction of sp³-hybridized carbons (Fsp3) is 0.0357. The van der Waals surface area contributed by atoms with Crippen LogP contribution in [0.15, 0.2) is 91.4 Å². The highest BCUT2D eigenvalue weighted by Crippen LogP contribution is 2.31. The summed E-state index contributed by atoms with van der Waals surface area (Å²) in [6, 6.07) is 21.9. The van der Waals surface area contributed by atoms with Gasteiger partial charge in [0.05, 0.1) is 17.2 Å². The number of carbonyl (C=O) groups is 1. The number of aromatic hydroxyl groups is 1. The summed E-state index contributed by atoms with van der Waals surface area (Å²) in [7, 11) is 0. The summed E-state index contributed by atoms with van der Waals surface area (Å²) in [5, 5.41) is 31.4. The minimum Gasteiger partial charge on any atom is -0.508 e. The van der Waals surface area contributed by atoms with E-state index in [0.29, 0.717) is 45.7 Å². The van der Waals surface area contributed by atoms with E-state index in [9.17, 15) is 15.0 Å². The topological polar surface area (TPSA) is 138 Å². The third-order valence-electron chi connectivity index (χ3n) is 6.03. The van der Waals surface area contributed by atoms with Gasteiger partial charge in [0.25, 0.3) is 0 Å². The standard InChI is InChI=1S/C28H21N7O3/c36-22-7-8-24-23(13-22)27(32-21-6-9-25-19(12-21)16-31-35(25)28(37)38)34-26(33-24)18-4-1-5-20(11-18)30-15-17-3-2-10-29-14-17/h1-14,16,30,36H,15H2,(H,37,38)(H,32,33,34). The molecule has 186 valence electrons. The molecule has 0 aliphatic carbocycles. The van der Waals surface area contributed by atoms with E-state index in [4.69, 9.17) is 9.97 Å². The first kappa shape index (κ1) is 22.9. The Kier molecular flexibility index (Phi) is 5.74. The summed E-state index contributed by atoms with van der Waals surface area (Å²) in [5.41, 5.74) is 4.61. The van der Waals surface area contributed by atoms with E-state index in [2.05, 4.69) is 20.7 Å². The van der Waals surface area contributed by atoms with E-state index in [1.54, 1.807) is 42.6 Å². The molecule has 10 heteroatoms. The lowest BCUT2D eigenvalue weighted by Crippen LogP contribution is -2.08. The van der Waals surface area contributed by atoms with Crippen molar-refractivity contribution in [3.8, 4) is 17.1 Å². The number of hydrogen-bond donors (Lipinski definition) is 4. The maximum absolute atomic E-state index is 11.4. The fourth-order valence-electron chi connectivity index (χ4n) is 4.22. The zero-order chi connectivity index (χ0) is 26.1. The maximum Gasteiger partial charge on any atom is 0.432 e. The van der Waals surface area contributed by atoms with Crippen LogP contribution in [0, 0.1) is 0 Å². The van der Waals surface area contributed by atoms with Gasteiger partial charge in [-0.25, -0.2) is 14.8 Å². The van der Waals surface area contributed by atoms with Crippen LogP contribution in [-0.2, 0) is 6.54 Å². The van der Waals surface area contributed by atoms with Crippen molar-refractivity contribution in [3.05, 3.63) is 97.0 Å². The summed E-state index contributed by atoms with van der Waals surface area (Å²) in [4.78, 5) is 25.1. The molecule has 0 radical (unpaired) electrons. The smallest absolute Gasteiger partial charge is 0.432 e. The van der Waals surface area contributed by atoms with Gasteiger partial charge in [-0.1, -0.05) is 18.2 Å². The molecule has 0 saturated heterocycles. The van der Waals surface area contributed by atoms with Gasteiger partial charge in [0, 0.05) is 46.6 Å². The number of nitrogens with zero attached hydrogens (tertiary/aromatic N) is 5. The Morgan fingerprint density at radius 3 is 2.68 bits per heavy atom. The van der Waals surface area contributed by atoms with Crippen LogP contribution >= 0.6 is 0 Å². The molecule has 3 aromatic carbocycles. The second-order valence-corrected chi connectivity index (χ2v) is 8.63. The molecule has 6 rings (SSSR count). The molecule has 0 atom stereocenters. The van der Waals surface area contributed by atoms with E-state index in [-0.39, 0.29) is 5.75 Å². The molecule has 3 aromatic heterocycles. The van der Waals surface area contributed by atoms with Crippen LogP contribution in [0.4, 0.5) is 22.0 Å². The number of carboxylic acid groups (broad SMARTS) is 1. The highest BCUT2D eigenvalue weighted by molar-refractivity contribution is 5.95. The van der Waals surface area contributed by atoms with E-state index >= 15 is 0 Å². The van der Waals surface area contributed by atoms with Gasteiger partial charge in [0.2, 0.25) is 0 Å². The number of phenolic OH excluding ortho intramolecular Hbond substituents is 1. The van der Waals surface area contributed by atoms with Crippen molar-refractivity contribution >= 4 is 45.1 Å². The summed E-state index contributed by atoms with van der Waals surface area (Å²) < 4.78 is 0.921. The van der Waals surface area contributed by atoms with E-state index < -0.39 is 6.09 Å². The Labute approximate surface area is 216 Å². The highest BCUT2D eigenvalue weighted by Gasteiger charge is 2.13. The average molecular weight is 504 g/mol. The second-order valence-electron chi connectivity index (χ2n) is 8.63. The molecule has 0 saturated carbocycles. The monoisotopic (exact) mass is 503 g/mol. The molecule has 0 unspecified atom stereocenters. The number of fused-ring (bicyclic) bond motifs is 2. The van der Waals surface area contributed by atoms with Gasteiger partial charge in [0.1, 0.15) is 11.6 Å². The summed E-state index contributed by atoms with van der Waals surface area (Å²) in [6.45, 7) is 0.628. The Morgan fingerprint density at radius 1 is 0.921 bits per heavy atom. The van der Waals surface area contributed by atoms with E-state index in [1.807, 2.05) is 42.6 Å². The Bertz CT molecular complexity index is 1800. The normalized spacial score (nSPS) is 11.1. The van der Waals surface area contributed by atoms with E-state index in [1.165, 1.54) is 6.20 Å². The summed E-state index contributed by atoms with van der Waals surface area (Å²) in [5.74, 6) is 1.10. The minimum absolute atomic E-state index is 0.0942. The SMILES string of the molecule is O=C(O)n1ncc2cc(Nc3nc(-c4cccc(NCc5cccnc5)c4)nc4ccc(O)cc34)ccc21. The maximum atomic E-state index is 11.4. The number of aromatic nitrogens is 5. The highest BCUT2D eigenvalue weighted by atomic mass is 16.4. The number of anilines is 3. The van der Waals surface area contributed by atoms with Gasteiger partial charge < -0.3 is 20.8 Å². The third kappa shape index (κ3) is 4.53. The van der Waals surface area contributed by atoms with Gasteiger partial charge in [-0.05, 0) is 60.2 Å². The average Bonchev–Trinajstić information content (AvgIpc) is 3.36. The van der Waals surface area contributed by atoms with Crippen molar-refractivity contribution < 1.29 is 15.0 Å². The molecule has 10 nitrogen and oxygen atoms in total. The summed E-state index contributed by atoms with van der Waals surface area (Å²) in [6.07, 6.45) is 3.90. The molecular weight excluding hydrogens is 482 g/mol. The van der Waals surface area contributed by atoms with Crippen molar-refractivity contribution in [2.75, 3.05) is 10.6 Å². The van der Waals surface area contributed by atoms with Crippen molar-refractivity contribution in [2.45, 2.75) is 6.54 Å². The Hall–Kier alpha value is -5.51. The van der Waals surface area contributed by atoms with Gasteiger partial charge in [-0.15, -0.1) is 0 Å². The van der Waals surface area contributed by atoms with Gasteiger partial charge >= 0.3 is 6.09 Å². The van der Waals surface area contributed by atoms with Crippen LogP contribution in [0.5, 0.6) is 5.75 Å². The molecule has 0 spiro atoms. The number of rotatable bonds is 6. The first-order chi connectivity index (χ1) is 18.5. The molecule has 4 N–H and O–H groups in total. The van der Waals surface area contributed by atoms with Crippen molar-refractivity contribution in [2.24, 2.45) is 0 Å². The van der Waals surface area contributed by atoms with Crippen LogP contribution in [0.1, 0.15) is 5.56 Å². The zero-order valence-corrected chi connectivity index (χ0v) is 19.9. The molecule has 0 bridgehead atoms. The van der Waals surface area contributed by atoms with Crippen molar-refractivity contribution in [1.29, 1.82) is 0 Å². The molecular formula is C28H21N7O3. The molecule has 0 fully saturated rings. The van der Waals surface area contributed by atoms with Gasteiger partial charge in [-0.2, -0.15) is 9.78 Å². The molecule has 0 aliphatic heterocycles. The second kappa shape index (κ2) is 9.51. The molecule has 38 heavy (non-hydrogen) atoms. The molecule has 0 aliphatic rings. The lowest BCUT2D eigenvalue weighted by Gasteiger charge is -2.13.